The van der Waals surface area contributed by atoms with Crippen molar-refractivity contribution in [3.8, 4) is 0 Å². The molecule has 41 heavy (non-hydrogen) atoms. The lowest BCUT2D eigenvalue weighted by Crippen LogP contribution is -2.29. The highest BCUT2D eigenvalue weighted by Gasteiger charge is 2.37. The Labute approximate surface area is 244 Å². The second-order valence-electron chi connectivity index (χ2n) is 10.2. The van der Waals surface area contributed by atoms with Crippen molar-refractivity contribution < 1.29 is 9.53 Å². The normalized spacial score (nSPS) is 14.6. The first kappa shape index (κ1) is 26.9. The van der Waals surface area contributed by atoms with E-state index >= 15 is 0 Å². The van der Waals surface area contributed by atoms with Crippen LogP contribution in [-0.2, 0) is 21.8 Å². The molecule has 6 rings (SSSR count). The van der Waals surface area contributed by atoms with Crippen molar-refractivity contribution in [1.29, 1.82) is 0 Å². The SMILES string of the molecule is CCCCOC(=O)C1=C(C)Nc2nc(SCc3ccccc3)nn2C1c1cn(Cc2ccccc2)c2ccccc12. The van der Waals surface area contributed by atoms with Crippen LogP contribution in [0, 0.1) is 0 Å². The van der Waals surface area contributed by atoms with Gasteiger partial charge in [0.25, 0.3) is 0 Å². The Bertz CT molecular complexity index is 1690. The molecule has 0 saturated heterocycles. The van der Waals surface area contributed by atoms with Crippen molar-refractivity contribution in [1.82, 2.24) is 19.3 Å². The lowest BCUT2D eigenvalue weighted by atomic mass is 9.95. The van der Waals surface area contributed by atoms with Crippen LogP contribution < -0.4 is 5.32 Å². The van der Waals surface area contributed by atoms with E-state index < -0.39 is 6.04 Å². The molecule has 0 radical (unpaired) electrons. The highest BCUT2D eigenvalue weighted by Crippen LogP contribution is 2.40. The minimum atomic E-state index is -0.485. The number of hydrogen-bond donors (Lipinski definition) is 1. The third kappa shape index (κ3) is 5.65. The molecular weight excluding hydrogens is 530 g/mol. The molecule has 5 aromatic rings. The summed E-state index contributed by atoms with van der Waals surface area (Å²) < 4.78 is 9.88. The van der Waals surface area contributed by atoms with Gasteiger partial charge in [-0.15, -0.1) is 5.10 Å². The van der Waals surface area contributed by atoms with Crippen molar-refractivity contribution in [3.63, 3.8) is 0 Å². The number of carbonyl (C=O) groups excluding carboxylic acids is 1. The molecule has 0 amide bonds. The molecule has 1 aliphatic heterocycles. The second kappa shape index (κ2) is 12.1. The molecule has 0 bridgehead atoms. The Morgan fingerprint density at radius 1 is 0.976 bits per heavy atom. The Balaban J connectivity index is 1.43. The molecule has 8 heteroatoms. The predicted octanol–water partition coefficient (Wildman–Crippen LogP) is 7.21. The van der Waals surface area contributed by atoms with Gasteiger partial charge in [-0.1, -0.05) is 104 Å². The van der Waals surface area contributed by atoms with Gasteiger partial charge in [-0.05, 0) is 30.5 Å². The van der Waals surface area contributed by atoms with E-state index in [4.69, 9.17) is 14.8 Å². The number of anilines is 1. The molecule has 3 aromatic carbocycles. The van der Waals surface area contributed by atoms with Crippen LogP contribution in [0.15, 0.2) is 108 Å². The fourth-order valence-electron chi connectivity index (χ4n) is 5.26. The number of nitrogens with one attached hydrogen (secondary N) is 1. The maximum Gasteiger partial charge on any atom is 0.338 e. The van der Waals surface area contributed by atoms with Gasteiger partial charge >= 0.3 is 5.97 Å². The van der Waals surface area contributed by atoms with Crippen LogP contribution in [-0.4, -0.2) is 31.9 Å². The zero-order chi connectivity index (χ0) is 28.2. The Kier molecular flexibility index (Phi) is 7.91. The Morgan fingerprint density at radius 3 is 2.44 bits per heavy atom. The van der Waals surface area contributed by atoms with Gasteiger partial charge in [-0.25, -0.2) is 9.48 Å². The van der Waals surface area contributed by atoms with Crippen LogP contribution in [0.2, 0.25) is 0 Å². The van der Waals surface area contributed by atoms with E-state index in [2.05, 4.69) is 77.6 Å². The highest BCUT2D eigenvalue weighted by atomic mass is 32.2. The zero-order valence-corrected chi connectivity index (χ0v) is 24.1. The van der Waals surface area contributed by atoms with E-state index in [1.165, 1.54) is 11.1 Å². The molecule has 7 nitrogen and oxygen atoms in total. The first-order valence-corrected chi connectivity index (χ1v) is 15.0. The standard InChI is InChI=1S/C33H33N5O2S/c1-3-4-19-40-31(39)29-23(2)34-32-35-33(41-22-25-15-9-6-10-16-25)36-38(32)30(29)27-21-37(20-24-13-7-5-8-14-24)28-18-12-11-17-26(27)28/h5-18,21,30H,3-4,19-20,22H2,1-2H3,(H,34,35,36). The summed E-state index contributed by atoms with van der Waals surface area (Å²) in [5, 5.41) is 10.0. The summed E-state index contributed by atoms with van der Waals surface area (Å²) in [5.41, 5.74) is 5.79. The van der Waals surface area contributed by atoms with Crippen molar-refractivity contribution >= 4 is 34.6 Å². The monoisotopic (exact) mass is 563 g/mol. The van der Waals surface area contributed by atoms with Gasteiger partial charge in [-0.2, -0.15) is 4.98 Å². The summed E-state index contributed by atoms with van der Waals surface area (Å²) in [4.78, 5) is 18.5. The van der Waals surface area contributed by atoms with Crippen LogP contribution in [0.3, 0.4) is 0 Å². The van der Waals surface area contributed by atoms with E-state index in [-0.39, 0.29) is 5.97 Å². The number of hydrogen-bond acceptors (Lipinski definition) is 6. The summed E-state index contributed by atoms with van der Waals surface area (Å²) in [6, 6.07) is 28.5. The number of benzene rings is 3. The number of rotatable bonds is 10. The maximum absolute atomic E-state index is 13.6. The number of esters is 1. The van der Waals surface area contributed by atoms with Gasteiger partial charge in [0.2, 0.25) is 11.1 Å². The summed E-state index contributed by atoms with van der Waals surface area (Å²) >= 11 is 1.58. The molecule has 0 fully saturated rings. The van der Waals surface area contributed by atoms with E-state index in [1.807, 2.05) is 41.9 Å². The van der Waals surface area contributed by atoms with Crippen molar-refractivity contribution in [3.05, 3.63) is 119 Å². The van der Waals surface area contributed by atoms with Crippen LogP contribution in [0.1, 0.15) is 49.4 Å². The summed E-state index contributed by atoms with van der Waals surface area (Å²) in [6.45, 7) is 5.10. The number of allylic oxidation sites excluding steroid dienone is 1. The van der Waals surface area contributed by atoms with Gasteiger partial charge in [0.15, 0.2) is 0 Å². The second-order valence-corrected chi connectivity index (χ2v) is 11.2. The molecule has 0 spiro atoms. The fraction of sp³-hybridized carbons (Fsp3) is 0.242. The number of unbranched alkanes of at least 4 members (excludes halogenated alkanes) is 1. The smallest absolute Gasteiger partial charge is 0.338 e. The van der Waals surface area contributed by atoms with Crippen LogP contribution >= 0.6 is 11.8 Å². The average molecular weight is 564 g/mol. The predicted molar refractivity (Wildman–Crippen MR) is 164 cm³/mol. The number of carbonyl (C=O) groups is 1. The molecule has 3 heterocycles. The average Bonchev–Trinajstić information content (AvgIpc) is 3.57. The molecule has 0 saturated carbocycles. The molecule has 0 aliphatic carbocycles. The van der Waals surface area contributed by atoms with Gasteiger partial charge in [-0.3, -0.25) is 0 Å². The molecule has 1 unspecified atom stereocenters. The van der Waals surface area contributed by atoms with Crippen LogP contribution in [0.25, 0.3) is 10.9 Å². The van der Waals surface area contributed by atoms with Crippen molar-refractivity contribution in [2.45, 2.75) is 50.2 Å². The third-order valence-electron chi connectivity index (χ3n) is 7.30. The van der Waals surface area contributed by atoms with E-state index in [0.29, 0.717) is 29.8 Å². The van der Waals surface area contributed by atoms with Crippen LogP contribution in [0.4, 0.5) is 5.95 Å². The zero-order valence-electron chi connectivity index (χ0n) is 23.3. The first-order chi connectivity index (χ1) is 20.1. The highest BCUT2D eigenvalue weighted by molar-refractivity contribution is 7.98. The third-order valence-corrected chi connectivity index (χ3v) is 8.21. The number of para-hydroxylation sites is 1. The largest absolute Gasteiger partial charge is 0.462 e. The van der Waals surface area contributed by atoms with E-state index in [0.717, 1.165) is 40.8 Å². The van der Waals surface area contributed by atoms with Crippen LogP contribution in [0.5, 0.6) is 0 Å². The van der Waals surface area contributed by atoms with Crippen molar-refractivity contribution in [2.24, 2.45) is 0 Å². The number of aromatic nitrogens is 4. The lowest BCUT2D eigenvalue weighted by molar-refractivity contribution is -0.139. The summed E-state index contributed by atoms with van der Waals surface area (Å²) in [7, 11) is 0. The Hall–Kier alpha value is -4.30. The Morgan fingerprint density at radius 2 is 1.68 bits per heavy atom. The summed E-state index contributed by atoms with van der Waals surface area (Å²) in [6.07, 6.45) is 3.93. The van der Waals surface area contributed by atoms with Gasteiger partial charge in [0.1, 0.15) is 6.04 Å². The molecule has 1 atom stereocenters. The topological polar surface area (TPSA) is 74.0 Å². The van der Waals surface area contributed by atoms with Crippen molar-refractivity contribution in [2.75, 3.05) is 11.9 Å². The minimum absolute atomic E-state index is 0.326. The minimum Gasteiger partial charge on any atom is -0.462 e. The van der Waals surface area contributed by atoms with Gasteiger partial charge in [0, 0.05) is 40.7 Å². The van der Waals surface area contributed by atoms with Gasteiger partial charge < -0.3 is 14.6 Å². The quantitative estimate of drug-likeness (QED) is 0.110. The lowest BCUT2D eigenvalue weighted by Gasteiger charge is -2.27. The fourth-order valence-corrected chi connectivity index (χ4v) is 6.04. The molecule has 1 N–H and O–H groups in total. The van der Waals surface area contributed by atoms with Gasteiger partial charge in [0.05, 0.1) is 12.2 Å². The molecular formula is C33H33N5O2S. The number of ether oxygens (including phenoxy) is 1. The van der Waals surface area contributed by atoms with E-state index in [9.17, 15) is 4.79 Å². The number of fused-ring (bicyclic) bond motifs is 2. The number of nitrogens with zero attached hydrogens (tertiary/aromatic N) is 4. The molecule has 2 aromatic heterocycles. The maximum atomic E-state index is 13.6. The number of thioether (sulfide) groups is 1. The molecule has 1 aliphatic rings. The van der Waals surface area contributed by atoms with E-state index in [1.54, 1.807) is 11.8 Å². The summed E-state index contributed by atoms with van der Waals surface area (Å²) in [5.74, 6) is 1.05. The molecule has 208 valence electrons. The first-order valence-electron chi connectivity index (χ1n) is 14.0.